The zero-order chi connectivity index (χ0) is 13.0. The van der Waals surface area contributed by atoms with Crippen LogP contribution in [-0.4, -0.2) is 34.6 Å². The lowest BCUT2D eigenvalue weighted by molar-refractivity contribution is 0.0188. The lowest BCUT2D eigenvalue weighted by atomic mass is 9.93. The fourth-order valence-electron chi connectivity index (χ4n) is 2.26. The van der Waals surface area contributed by atoms with Crippen molar-refractivity contribution in [3.63, 3.8) is 0 Å². The summed E-state index contributed by atoms with van der Waals surface area (Å²) in [5.41, 5.74) is -0.0321. The van der Waals surface area contributed by atoms with Crippen LogP contribution in [0.15, 0.2) is 24.3 Å². The Kier molecular flexibility index (Phi) is 5.15. The maximum absolute atomic E-state index is 6.14. The average molecular weight is 380 g/mol. The van der Waals surface area contributed by atoms with E-state index < -0.39 is 0 Å². The first kappa shape index (κ1) is 14.4. The largest absolute Gasteiger partial charge is 0.487 e. The fourth-order valence-corrected chi connectivity index (χ4v) is 3.07. The second-order valence-electron chi connectivity index (χ2n) is 5.04. The second kappa shape index (κ2) is 6.44. The van der Waals surface area contributed by atoms with Crippen LogP contribution in [0.2, 0.25) is 5.02 Å². The van der Waals surface area contributed by atoms with E-state index in [-0.39, 0.29) is 5.60 Å². The summed E-state index contributed by atoms with van der Waals surface area (Å²) in [4.78, 5) is 2.51. The molecule has 0 unspecified atom stereocenters. The Labute approximate surface area is 128 Å². The third-order valence-corrected chi connectivity index (χ3v) is 4.23. The number of alkyl halides is 1. The van der Waals surface area contributed by atoms with E-state index >= 15 is 0 Å². The Morgan fingerprint density at radius 2 is 1.89 bits per heavy atom. The number of ether oxygens (including phenoxy) is 1. The molecule has 0 amide bonds. The Balaban J connectivity index is 1.91. The zero-order valence-corrected chi connectivity index (χ0v) is 13.6. The number of halogens is 2. The molecule has 2 rings (SSSR count). The minimum Gasteiger partial charge on any atom is -0.487 e. The van der Waals surface area contributed by atoms with Crippen molar-refractivity contribution in [3.05, 3.63) is 29.3 Å². The molecule has 4 heteroatoms. The first-order valence-electron chi connectivity index (χ1n) is 6.34. The minimum absolute atomic E-state index is 0.0321. The van der Waals surface area contributed by atoms with Gasteiger partial charge in [0.1, 0.15) is 11.4 Å². The van der Waals surface area contributed by atoms with Crippen LogP contribution in [0.1, 0.15) is 19.8 Å². The Morgan fingerprint density at radius 1 is 1.28 bits per heavy atom. The van der Waals surface area contributed by atoms with Crippen molar-refractivity contribution in [2.45, 2.75) is 25.4 Å². The van der Waals surface area contributed by atoms with Gasteiger partial charge in [-0.2, -0.15) is 0 Å². The number of rotatable bonds is 4. The zero-order valence-electron chi connectivity index (χ0n) is 10.7. The maximum atomic E-state index is 6.14. The molecule has 0 aromatic heterocycles. The highest BCUT2D eigenvalue weighted by Crippen LogP contribution is 2.29. The quantitative estimate of drug-likeness (QED) is 0.579. The molecule has 1 fully saturated rings. The molecule has 0 aliphatic carbocycles. The molecule has 1 aliphatic rings. The topological polar surface area (TPSA) is 12.5 Å². The van der Waals surface area contributed by atoms with Gasteiger partial charge in [-0.3, -0.25) is 0 Å². The highest BCUT2D eigenvalue weighted by molar-refractivity contribution is 14.1. The maximum Gasteiger partial charge on any atom is 0.120 e. The van der Waals surface area contributed by atoms with Crippen LogP contribution >= 0.6 is 34.2 Å². The van der Waals surface area contributed by atoms with Gasteiger partial charge in [-0.15, -0.1) is 0 Å². The summed E-state index contributed by atoms with van der Waals surface area (Å²) < 4.78 is 7.34. The van der Waals surface area contributed by atoms with Crippen molar-refractivity contribution in [1.82, 2.24) is 4.90 Å². The SMILES string of the molecule is CC1(Oc2ccc(Cl)cc2)CCN(CCI)CC1. The molecule has 1 saturated heterocycles. The first-order chi connectivity index (χ1) is 8.61. The van der Waals surface area contributed by atoms with Crippen LogP contribution in [0.4, 0.5) is 0 Å². The lowest BCUT2D eigenvalue weighted by Crippen LogP contribution is -2.46. The van der Waals surface area contributed by atoms with Gasteiger partial charge in [0.2, 0.25) is 0 Å². The summed E-state index contributed by atoms with van der Waals surface area (Å²) in [6.07, 6.45) is 2.18. The highest BCUT2D eigenvalue weighted by Gasteiger charge is 2.31. The van der Waals surface area contributed by atoms with Crippen LogP contribution < -0.4 is 4.74 Å². The molecular weight excluding hydrogens is 361 g/mol. The minimum atomic E-state index is -0.0321. The first-order valence-corrected chi connectivity index (χ1v) is 8.25. The molecule has 0 saturated carbocycles. The van der Waals surface area contributed by atoms with Gasteiger partial charge in [-0.05, 0) is 44.0 Å². The third kappa shape index (κ3) is 4.00. The van der Waals surface area contributed by atoms with E-state index in [0.717, 1.165) is 36.7 Å². The normalized spacial score (nSPS) is 19.7. The van der Waals surface area contributed by atoms with Crippen molar-refractivity contribution in [2.24, 2.45) is 0 Å². The molecule has 1 aromatic carbocycles. The summed E-state index contributed by atoms with van der Waals surface area (Å²) in [6.45, 7) is 5.67. The molecule has 2 nitrogen and oxygen atoms in total. The predicted octanol–water partition coefficient (Wildman–Crippen LogP) is 4.01. The monoisotopic (exact) mass is 379 g/mol. The summed E-state index contributed by atoms with van der Waals surface area (Å²) in [5, 5.41) is 0.754. The van der Waals surface area contributed by atoms with Gasteiger partial charge in [-0.25, -0.2) is 0 Å². The van der Waals surface area contributed by atoms with Gasteiger partial charge in [0.15, 0.2) is 0 Å². The van der Waals surface area contributed by atoms with Gasteiger partial charge in [-0.1, -0.05) is 34.2 Å². The lowest BCUT2D eigenvalue weighted by Gasteiger charge is -2.39. The molecule has 0 bridgehead atoms. The fraction of sp³-hybridized carbons (Fsp3) is 0.571. The third-order valence-electron chi connectivity index (χ3n) is 3.49. The molecule has 1 aromatic rings. The van der Waals surface area contributed by atoms with E-state index in [1.165, 1.54) is 11.0 Å². The number of nitrogens with zero attached hydrogens (tertiary/aromatic N) is 1. The van der Waals surface area contributed by atoms with Gasteiger partial charge >= 0.3 is 0 Å². The number of piperidine rings is 1. The van der Waals surface area contributed by atoms with E-state index in [1.54, 1.807) is 0 Å². The highest BCUT2D eigenvalue weighted by atomic mass is 127. The van der Waals surface area contributed by atoms with Crippen LogP contribution in [0, 0.1) is 0 Å². The Bertz CT molecular complexity index is 374. The number of likely N-dealkylation sites (tertiary alicyclic amines) is 1. The number of hydrogen-bond acceptors (Lipinski definition) is 2. The van der Waals surface area contributed by atoms with Gasteiger partial charge in [0.25, 0.3) is 0 Å². The van der Waals surface area contributed by atoms with Crippen molar-refractivity contribution in [1.29, 1.82) is 0 Å². The molecular formula is C14H19ClINO. The van der Waals surface area contributed by atoms with Crippen molar-refractivity contribution in [2.75, 3.05) is 24.1 Å². The summed E-state index contributed by atoms with van der Waals surface area (Å²) >= 11 is 8.31. The van der Waals surface area contributed by atoms with Crippen LogP contribution in [0.5, 0.6) is 5.75 Å². The smallest absolute Gasteiger partial charge is 0.120 e. The van der Waals surface area contributed by atoms with Crippen LogP contribution in [0.25, 0.3) is 0 Å². The summed E-state index contributed by atoms with van der Waals surface area (Å²) in [5.74, 6) is 0.921. The molecule has 18 heavy (non-hydrogen) atoms. The number of benzene rings is 1. The Hall–Kier alpha value is -0.000000000000000111. The van der Waals surface area contributed by atoms with Crippen molar-refractivity contribution >= 4 is 34.2 Å². The average Bonchev–Trinajstić information content (AvgIpc) is 2.36. The molecule has 100 valence electrons. The molecule has 0 radical (unpaired) electrons. The van der Waals surface area contributed by atoms with Crippen LogP contribution in [0.3, 0.4) is 0 Å². The molecule has 0 spiro atoms. The Morgan fingerprint density at radius 3 is 2.44 bits per heavy atom. The van der Waals surface area contributed by atoms with Gasteiger partial charge in [0, 0.05) is 29.1 Å². The molecule has 0 atom stereocenters. The van der Waals surface area contributed by atoms with E-state index in [4.69, 9.17) is 16.3 Å². The molecule has 0 N–H and O–H groups in total. The summed E-state index contributed by atoms with van der Waals surface area (Å²) in [7, 11) is 0. The van der Waals surface area contributed by atoms with Crippen molar-refractivity contribution < 1.29 is 4.74 Å². The molecule has 1 heterocycles. The van der Waals surface area contributed by atoms with E-state index in [1.807, 2.05) is 24.3 Å². The number of hydrogen-bond donors (Lipinski definition) is 0. The molecule has 1 aliphatic heterocycles. The predicted molar refractivity (Wildman–Crippen MR) is 85.0 cm³/mol. The summed E-state index contributed by atoms with van der Waals surface area (Å²) in [6, 6.07) is 7.66. The van der Waals surface area contributed by atoms with Gasteiger partial charge in [0.05, 0.1) is 0 Å². The van der Waals surface area contributed by atoms with E-state index in [2.05, 4.69) is 34.4 Å². The van der Waals surface area contributed by atoms with E-state index in [0.29, 0.717) is 0 Å². The van der Waals surface area contributed by atoms with Gasteiger partial charge < -0.3 is 9.64 Å². The second-order valence-corrected chi connectivity index (χ2v) is 6.55. The van der Waals surface area contributed by atoms with E-state index in [9.17, 15) is 0 Å². The van der Waals surface area contributed by atoms with Crippen LogP contribution in [-0.2, 0) is 0 Å². The standard InChI is InChI=1S/C14H19ClINO/c1-14(6-9-17(10-7-14)11-8-16)18-13-4-2-12(15)3-5-13/h2-5H,6-11H2,1H3. The van der Waals surface area contributed by atoms with Crippen molar-refractivity contribution in [3.8, 4) is 5.75 Å².